The summed E-state index contributed by atoms with van der Waals surface area (Å²) in [7, 11) is 1.55. The van der Waals surface area contributed by atoms with Crippen LogP contribution in [0.4, 0.5) is 0 Å². The maximum absolute atomic E-state index is 12.1. The van der Waals surface area contributed by atoms with Crippen LogP contribution in [-0.4, -0.2) is 53.4 Å². The fourth-order valence-electron chi connectivity index (χ4n) is 1.92. The van der Waals surface area contributed by atoms with Crippen molar-refractivity contribution in [3.05, 3.63) is 28.2 Å². The van der Waals surface area contributed by atoms with E-state index in [1.165, 1.54) is 4.90 Å². The zero-order valence-corrected chi connectivity index (χ0v) is 11.4. The molecule has 1 amide bonds. The van der Waals surface area contributed by atoms with Crippen LogP contribution in [0.25, 0.3) is 0 Å². The van der Waals surface area contributed by atoms with Crippen LogP contribution in [0.1, 0.15) is 10.4 Å². The van der Waals surface area contributed by atoms with Gasteiger partial charge in [-0.05, 0) is 34.1 Å². The zero-order chi connectivity index (χ0) is 13.3. The van der Waals surface area contributed by atoms with Gasteiger partial charge in [-0.2, -0.15) is 0 Å². The number of likely N-dealkylation sites (tertiary alicyclic amines) is 1. The monoisotopic (exact) mass is 315 g/mol. The number of carbonyl (C=O) groups excluding carboxylic acids is 1. The molecular formula is C12H14BrNO4. The molecule has 0 spiro atoms. The van der Waals surface area contributed by atoms with Crippen molar-refractivity contribution in [1.29, 1.82) is 0 Å². The fourth-order valence-corrected chi connectivity index (χ4v) is 2.46. The minimum Gasteiger partial charge on any atom is -0.496 e. The second-order valence-corrected chi connectivity index (χ2v) is 5.05. The Hall–Kier alpha value is -1.11. The van der Waals surface area contributed by atoms with Crippen LogP contribution >= 0.6 is 15.9 Å². The lowest BCUT2D eigenvalue weighted by molar-refractivity contribution is 0.0572. The minimum atomic E-state index is -0.865. The molecule has 0 aliphatic carbocycles. The van der Waals surface area contributed by atoms with Gasteiger partial charge < -0.3 is 19.8 Å². The van der Waals surface area contributed by atoms with Crippen molar-refractivity contribution in [3.8, 4) is 5.75 Å². The van der Waals surface area contributed by atoms with Gasteiger partial charge in [0.05, 0.1) is 23.8 Å². The van der Waals surface area contributed by atoms with Crippen molar-refractivity contribution in [1.82, 2.24) is 4.90 Å². The molecule has 1 aliphatic heterocycles. The highest BCUT2D eigenvalue weighted by Crippen LogP contribution is 2.26. The van der Waals surface area contributed by atoms with Gasteiger partial charge in [0.15, 0.2) is 0 Å². The Morgan fingerprint density at radius 1 is 1.39 bits per heavy atom. The smallest absolute Gasteiger partial charge is 0.254 e. The average Bonchev–Trinajstić information content (AvgIpc) is 2.68. The zero-order valence-electron chi connectivity index (χ0n) is 9.84. The van der Waals surface area contributed by atoms with E-state index >= 15 is 0 Å². The molecule has 1 fully saturated rings. The van der Waals surface area contributed by atoms with Crippen molar-refractivity contribution in [3.63, 3.8) is 0 Å². The molecule has 2 N–H and O–H groups in total. The highest BCUT2D eigenvalue weighted by atomic mass is 79.9. The minimum absolute atomic E-state index is 0.156. The topological polar surface area (TPSA) is 70.0 Å². The first kappa shape index (κ1) is 13.3. The molecule has 0 radical (unpaired) electrons. The van der Waals surface area contributed by atoms with E-state index < -0.39 is 12.2 Å². The third-order valence-electron chi connectivity index (χ3n) is 2.95. The molecular weight excluding hydrogens is 302 g/mol. The number of β-amino-alcohol motifs (C(OH)–C–C–N with tert-alkyl or cyclic N) is 2. The third kappa shape index (κ3) is 2.50. The van der Waals surface area contributed by atoms with Crippen LogP contribution < -0.4 is 4.74 Å². The maximum Gasteiger partial charge on any atom is 0.254 e. The van der Waals surface area contributed by atoms with Crippen LogP contribution in [0.2, 0.25) is 0 Å². The van der Waals surface area contributed by atoms with Crippen molar-refractivity contribution in [2.75, 3.05) is 20.2 Å². The summed E-state index contributed by atoms with van der Waals surface area (Å²) >= 11 is 3.31. The van der Waals surface area contributed by atoms with E-state index in [0.717, 1.165) is 0 Å². The van der Waals surface area contributed by atoms with E-state index in [0.29, 0.717) is 15.8 Å². The van der Waals surface area contributed by atoms with Gasteiger partial charge in [0, 0.05) is 18.7 Å². The molecule has 6 heteroatoms. The molecule has 1 aliphatic rings. The number of hydrogen-bond donors (Lipinski definition) is 2. The number of rotatable bonds is 2. The standard InChI is InChI=1S/C12H14BrNO4/c1-18-11-3-2-7(4-8(11)13)12(17)14-5-9(15)10(16)6-14/h2-4,9-10,15-16H,5-6H2,1H3. The van der Waals surface area contributed by atoms with Gasteiger partial charge in [-0.25, -0.2) is 0 Å². The lowest BCUT2D eigenvalue weighted by Gasteiger charge is -2.16. The Kier molecular flexibility index (Phi) is 3.89. The van der Waals surface area contributed by atoms with E-state index in [1.807, 2.05) is 0 Å². The van der Waals surface area contributed by atoms with E-state index in [9.17, 15) is 15.0 Å². The molecule has 0 aromatic heterocycles. The lowest BCUT2D eigenvalue weighted by Crippen LogP contribution is -2.29. The first-order valence-electron chi connectivity index (χ1n) is 5.52. The Bertz CT molecular complexity index is 455. The number of nitrogens with zero attached hydrogens (tertiary/aromatic N) is 1. The lowest BCUT2D eigenvalue weighted by atomic mass is 10.2. The molecule has 1 saturated heterocycles. The molecule has 0 bridgehead atoms. The van der Waals surface area contributed by atoms with Crippen molar-refractivity contribution in [2.24, 2.45) is 0 Å². The largest absolute Gasteiger partial charge is 0.496 e. The number of aliphatic hydroxyl groups excluding tert-OH is 2. The molecule has 5 nitrogen and oxygen atoms in total. The molecule has 1 heterocycles. The molecule has 1 aromatic carbocycles. The number of carbonyl (C=O) groups is 1. The quantitative estimate of drug-likeness (QED) is 0.840. The summed E-state index contributed by atoms with van der Waals surface area (Å²) in [6.07, 6.45) is -1.73. The van der Waals surface area contributed by atoms with Crippen LogP contribution in [-0.2, 0) is 0 Å². The van der Waals surface area contributed by atoms with Gasteiger partial charge in [0.1, 0.15) is 5.75 Å². The molecule has 0 saturated carbocycles. The molecule has 18 heavy (non-hydrogen) atoms. The summed E-state index contributed by atoms with van der Waals surface area (Å²) in [5.41, 5.74) is 0.490. The molecule has 2 unspecified atom stereocenters. The van der Waals surface area contributed by atoms with Crippen molar-refractivity contribution < 1.29 is 19.7 Å². The maximum atomic E-state index is 12.1. The van der Waals surface area contributed by atoms with Crippen molar-refractivity contribution >= 4 is 21.8 Å². The van der Waals surface area contributed by atoms with E-state index in [4.69, 9.17) is 4.74 Å². The van der Waals surface area contributed by atoms with Crippen LogP contribution in [0.3, 0.4) is 0 Å². The number of benzene rings is 1. The summed E-state index contributed by atoms with van der Waals surface area (Å²) in [5, 5.41) is 18.9. The Balaban J connectivity index is 2.17. The highest BCUT2D eigenvalue weighted by Gasteiger charge is 2.33. The predicted molar refractivity (Wildman–Crippen MR) is 68.6 cm³/mol. The summed E-state index contributed by atoms with van der Waals surface area (Å²) in [6.45, 7) is 0.313. The van der Waals surface area contributed by atoms with Crippen LogP contribution in [0.15, 0.2) is 22.7 Å². The number of aliphatic hydroxyl groups is 2. The highest BCUT2D eigenvalue weighted by molar-refractivity contribution is 9.10. The molecule has 2 rings (SSSR count). The van der Waals surface area contributed by atoms with Crippen LogP contribution in [0.5, 0.6) is 5.75 Å². The SMILES string of the molecule is COc1ccc(C(=O)N2CC(O)C(O)C2)cc1Br. The third-order valence-corrected chi connectivity index (χ3v) is 3.56. The number of halogens is 1. The first-order valence-corrected chi connectivity index (χ1v) is 6.31. The van der Waals surface area contributed by atoms with E-state index in [1.54, 1.807) is 25.3 Å². The normalized spacial score (nSPS) is 23.2. The predicted octanol–water partition coefficient (Wildman–Crippen LogP) is 0.635. The Labute approximate surface area is 113 Å². The number of amides is 1. The summed E-state index contributed by atoms with van der Waals surface area (Å²) in [6, 6.07) is 5.02. The Morgan fingerprint density at radius 2 is 2.00 bits per heavy atom. The fraction of sp³-hybridized carbons (Fsp3) is 0.417. The molecule has 2 atom stereocenters. The molecule has 1 aromatic rings. The van der Waals surface area contributed by atoms with Gasteiger partial charge >= 0.3 is 0 Å². The van der Waals surface area contributed by atoms with Gasteiger partial charge in [-0.1, -0.05) is 0 Å². The summed E-state index contributed by atoms with van der Waals surface area (Å²) in [4.78, 5) is 13.6. The van der Waals surface area contributed by atoms with Gasteiger partial charge in [0.25, 0.3) is 5.91 Å². The van der Waals surface area contributed by atoms with E-state index in [2.05, 4.69) is 15.9 Å². The first-order chi connectivity index (χ1) is 8.52. The second-order valence-electron chi connectivity index (χ2n) is 4.19. The number of methoxy groups -OCH3 is 1. The second kappa shape index (κ2) is 5.26. The van der Waals surface area contributed by atoms with Crippen molar-refractivity contribution in [2.45, 2.75) is 12.2 Å². The summed E-state index contributed by atoms with van der Waals surface area (Å²) in [5.74, 6) is 0.432. The van der Waals surface area contributed by atoms with Gasteiger partial charge in [-0.15, -0.1) is 0 Å². The van der Waals surface area contributed by atoms with E-state index in [-0.39, 0.29) is 19.0 Å². The Morgan fingerprint density at radius 3 is 2.50 bits per heavy atom. The number of ether oxygens (including phenoxy) is 1. The van der Waals surface area contributed by atoms with Crippen LogP contribution in [0, 0.1) is 0 Å². The van der Waals surface area contributed by atoms with Gasteiger partial charge in [-0.3, -0.25) is 4.79 Å². The number of hydrogen-bond acceptors (Lipinski definition) is 4. The summed E-state index contributed by atoms with van der Waals surface area (Å²) < 4.78 is 5.78. The van der Waals surface area contributed by atoms with Gasteiger partial charge in [0.2, 0.25) is 0 Å². The molecule has 98 valence electrons. The average molecular weight is 316 g/mol.